The summed E-state index contributed by atoms with van der Waals surface area (Å²) in [4.78, 5) is 26.7. The SMILES string of the molecule is Cc1noc(C)c1CN1CCC(=O)NC2(CCCC2)C1=O. The van der Waals surface area contributed by atoms with Gasteiger partial charge in [0.1, 0.15) is 11.3 Å². The lowest BCUT2D eigenvalue weighted by atomic mass is 9.95. The summed E-state index contributed by atoms with van der Waals surface area (Å²) >= 11 is 0. The molecule has 1 N–H and O–H groups in total. The summed E-state index contributed by atoms with van der Waals surface area (Å²) in [5.41, 5.74) is 1.09. The topological polar surface area (TPSA) is 75.4 Å². The van der Waals surface area contributed by atoms with Gasteiger partial charge in [-0.2, -0.15) is 0 Å². The molecule has 0 unspecified atom stereocenters. The van der Waals surface area contributed by atoms with Gasteiger partial charge in [0.15, 0.2) is 0 Å². The maximum atomic E-state index is 12.9. The Bertz CT molecular complexity index is 553. The first-order chi connectivity index (χ1) is 10.0. The Hall–Kier alpha value is -1.85. The summed E-state index contributed by atoms with van der Waals surface area (Å²) in [6.07, 6.45) is 3.83. The van der Waals surface area contributed by atoms with Gasteiger partial charge in [-0.25, -0.2) is 0 Å². The lowest BCUT2D eigenvalue weighted by Gasteiger charge is -2.31. The minimum Gasteiger partial charge on any atom is -0.361 e. The summed E-state index contributed by atoms with van der Waals surface area (Å²) in [5.74, 6) is 0.765. The van der Waals surface area contributed by atoms with Crippen LogP contribution in [0.5, 0.6) is 0 Å². The van der Waals surface area contributed by atoms with E-state index in [-0.39, 0.29) is 11.8 Å². The molecule has 0 atom stereocenters. The molecule has 6 heteroatoms. The second-order valence-electron chi connectivity index (χ2n) is 6.12. The first kappa shape index (κ1) is 14.1. The maximum Gasteiger partial charge on any atom is 0.248 e. The van der Waals surface area contributed by atoms with Crippen molar-refractivity contribution in [2.75, 3.05) is 6.54 Å². The van der Waals surface area contributed by atoms with E-state index in [0.29, 0.717) is 19.5 Å². The molecule has 1 aliphatic heterocycles. The Morgan fingerprint density at radius 1 is 1.29 bits per heavy atom. The van der Waals surface area contributed by atoms with Gasteiger partial charge in [0.2, 0.25) is 11.8 Å². The first-order valence-corrected chi connectivity index (χ1v) is 7.54. The molecule has 1 aliphatic carbocycles. The highest BCUT2D eigenvalue weighted by Gasteiger charge is 2.46. The van der Waals surface area contributed by atoms with E-state index in [1.54, 1.807) is 4.90 Å². The summed E-state index contributed by atoms with van der Waals surface area (Å²) in [6.45, 7) is 4.66. The number of hydrogen-bond donors (Lipinski definition) is 1. The van der Waals surface area contributed by atoms with Gasteiger partial charge in [0.25, 0.3) is 0 Å². The lowest BCUT2D eigenvalue weighted by Crippen LogP contribution is -2.55. The van der Waals surface area contributed by atoms with Crippen molar-refractivity contribution in [1.82, 2.24) is 15.4 Å². The summed E-state index contributed by atoms with van der Waals surface area (Å²) in [7, 11) is 0. The van der Waals surface area contributed by atoms with Crippen LogP contribution >= 0.6 is 0 Å². The molecular formula is C15H21N3O3. The number of amides is 2. The number of carbonyl (C=O) groups is 2. The smallest absolute Gasteiger partial charge is 0.248 e. The Morgan fingerprint density at radius 2 is 2.00 bits per heavy atom. The Labute approximate surface area is 123 Å². The molecule has 1 saturated carbocycles. The van der Waals surface area contributed by atoms with Crippen LogP contribution in [0.3, 0.4) is 0 Å². The van der Waals surface area contributed by atoms with Gasteiger partial charge in [0.05, 0.1) is 12.2 Å². The second-order valence-corrected chi connectivity index (χ2v) is 6.12. The van der Waals surface area contributed by atoms with Crippen LogP contribution in [0.1, 0.15) is 49.1 Å². The maximum absolute atomic E-state index is 12.9. The number of aromatic nitrogens is 1. The molecule has 1 spiro atoms. The van der Waals surface area contributed by atoms with Gasteiger partial charge in [0, 0.05) is 18.5 Å². The van der Waals surface area contributed by atoms with Gasteiger partial charge in [-0.05, 0) is 26.7 Å². The van der Waals surface area contributed by atoms with Crippen LogP contribution in [0, 0.1) is 13.8 Å². The molecule has 3 rings (SSSR count). The third-order valence-corrected chi connectivity index (χ3v) is 4.67. The van der Waals surface area contributed by atoms with E-state index in [0.717, 1.165) is 42.7 Å². The highest BCUT2D eigenvalue weighted by Crippen LogP contribution is 2.33. The van der Waals surface area contributed by atoms with Crippen molar-refractivity contribution in [3.05, 3.63) is 17.0 Å². The van der Waals surface area contributed by atoms with E-state index in [4.69, 9.17) is 4.52 Å². The predicted octanol–water partition coefficient (Wildman–Crippen LogP) is 1.45. The molecule has 0 radical (unpaired) electrons. The van der Waals surface area contributed by atoms with Crippen molar-refractivity contribution < 1.29 is 14.1 Å². The molecule has 1 aromatic heterocycles. The highest BCUT2D eigenvalue weighted by atomic mass is 16.5. The number of hydrogen-bond acceptors (Lipinski definition) is 4. The fourth-order valence-corrected chi connectivity index (χ4v) is 3.41. The van der Waals surface area contributed by atoms with Crippen LogP contribution in [-0.4, -0.2) is 34.0 Å². The Morgan fingerprint density at radius 3 is 2.62 bits per heavy atom. The zero-order chi connectivity index (χ0) is 15.0. The normalized spacial score (nSPS) is 21.7. The van der Waals surface area contributed by atoms with Crippen molar-refractivity contribution in [1.29, 1.82) is 0 Å². The predicted molar refractivity (Wildman–Crippen MR) is 75.4 cm³/mol. The minimum atomic E-state index is -0.674. The number of nitrogens with zero attached hydrogens (tertiary/aromatic N) is 2. The van der Waals surface area contributed by atoms with E-state index in [1.165, 1.54) is 0 Å². The van der Waals surface area contributed by atoms with Gasteiger partial charge in [-0.15, -0.1) is 0 Å². The molecule has 2 amide bonds. The van der Waals surface area contributed by atoms with E-state index in [1.807, 2.05) is 13.8 Å². The van der Waals surface area contributed by atoms with Crippen LogP contribution in [0.2, 0.25) is 0 Å². The van der Waals surface area contributed by atoms with Crippen molar-refractivity contribution in [3.8, 4) is 0 Å². The third-order valence-electron chi connectivity index (χ3n) is 4.67. The molecule has 6 nitrogen and oxygen atoms in total. The monoisotopic (exact) mass is 291 g/mol. The third kappa shape index (κ3) is 2.43. The van der Waals surface area contributed by atoms with Crippen molar-refractivity contribution in [3.63, 3.8) is 0 Å². The molecule has 2 fully saturated rings. The van der Waals surface area contributed by atoms with Gasteiger partial charge < -0.3 is 14.7 Å². The van der Waals surface area contributed by atoms with Crippen LogP contribution in [0.4, 0.5) is 0 Å². The average molecular weight is 291 g/mol. The number of rotatable bonds is 2. The van der Waals surface area contributed by atoms with E-state index >= 15 is 0 Å². The van der Waals surface area contributed by atoms with E-state index in [9.17, 15) is 9.59 Å². The Balaban J connectivity index is 1.87. The molecule has 2 aliphatic rings. The summed E-state index contributed by atoms with van der Waals surface area (Å²) in [6, 6.07) is 0. The molecule has 0 bridgehead atoms. The molecule has 1 saturated heterocycles. The van der Waals surface area contributed by atoms with Gasteiger partial charge in [-0.1, -0.05) is 18.0 Å². The molecule has 0 aromatic carbocycles. The number of aryl methyl sites for hydroxylation is 2. The average Bonchev–Trinajstić information content (AvgIpc) is 3.01. The second kappa shape index (κ2) is 5.16. The Kier molecular flexibility index (Phi) is 3.47. The van der Waals surface area contributed by atoms with Crippen LogP contribution in [0.25, 0.3) is 0 Å². The van der Waals surface area contributed by atoms with Gasteiger partial charge in [-0.3, -0.25) is 9.59 Å². The fraction of sp³-hybridized carbons (Fsp3) is 0.667. The van der Waals surface area contributed by atoms with Crippen molar-refractivity contribution >= 4 is 11.8 Å². The standard InChI is InChI=1S/C15H21N3O3/c1-10-12(11(2)21-17-10)9-18-8-5-13(19)16-15(14(18)20)6-3-4-7-15/h3-9H2,1-2H3,(H,16,19). The molecular weight excluding hydrogens is 270 g/mol. The highest BCUT2D eigenvalue weighted by molar-refractivity contribution is 5.93. The number of nitrogens with one attached hydrogen (secondary N) is 1. The largest absolute Gasteiger partial charge is 0.361 e. The molecule has 114 valence electrons. The zero-order valence-electron chi connectivity index (χ0n) is 12.6. The van der Waals surface area contributed by atoms with Crippen LogP contribution in [0.15, 0.2) is 4.52 Å². The van der Waals surface area contributed by atoms with Crippen LogP contribution in [-0.2, 0) is 16.1 Å². The molecule has 1 aromatic rings. The van der Waals surface area contributed by atoms with E-state index in [2.05, 4.69) is 10.5 Å². The van der Waals surface area contributed by atoms with Crippen molar-refractivity contribution in [2.45, 2.75) is 58.0 Å². The fourth-order valence-electron chi connectivity index (χ4n) is 3.41. The summed E-state index contributed by atoms with van der Waals surface area (Å²) < 4.78 is 5.17. The quantitative estimate of drug-likeness (QED) is 0.895. The zero-order valence-corrected chi connectivity index (χ0v) is 12.6. The van der Waals surface area contributed by atoms with Gasteiger partial charge >= 0.3 is 0 Å². The number of carbonyl (C=O) groups excluding carboxylic acids is 2. The first-order valence-electron chi connectivity index (χ1n) is 7.54. The molecule has 2 heterocycles. The van der Waals surface area contributed by atoms with Crippen LogP contribution < -0.4 is 5.32 Å². The molecule has 21 heavy (non-hydrogen) atoms. The minimum absolute atomic E-state index is 0.0217. The van der Waals surface area contributed by atoms with Crippen molar-refractivity contribution in [2.24, 2.45) is 0 Å². The van der Waals surface area contributed by atoms with E-state index < -0.39 is 5.54 Å². The summed E-state index contributed by atoms with van der Waals surface area (Å²) in [5, 5.41) is 6.91. The lowest BCUT2D eigenvalue weighted by molar-refractivity contribution is -0.139.